The Kier molecular flexibility index (Phi) is 1.54. The number of nitrogens with zero attached hydrogens (tertiary/aromatic N) is 2. The van der Waals surface area contributed by atoms with E-state index in [1.165, 1.54) is 0 Å². The highest BCUT2D eigenvalue weighted by atomic mass is 79.9. The molecule has 0 saturated carbocycles. The molecule has 4 heteroatoms. The SMILES string of the molecule is Cc1onc(C#N)c1Br. The molecule has 0 fully saturated rings. The van der Waals surface area contributed by atoms with Gasteiger partial charge in [-0.2, -0.15) is 5.26 Å². The largest absolute Gasteiger partial charge is 0.359 e. The zero-order valence-electron chi connectivity index (χ0n) is 4.68. The molecule has 0 saturated heterocycles. The third kappa shape index (κ3) is 0.958. The maximum Gasteiger partial charge on any atom is 0.197 e. The van der Waals surface area contributed by atoms with E-state index in [-0.39, 0.29) is 0 Å². The van der Waals surface area contributed by atoms with Gasteiger partial charge < -0.3 is 4.52 Å². The topological polar surface area (TPSA) is 49.8 Å². The first-order valence-corrected chi connectivity index (χ1v) is 3.07. The van der Waals surface area contributed by atoms with E-state index in [0.717, 1.165) is 0 Å². The van der Waals surface area contributed by atoms with Crippen molar-refractivity contribution in [3.63, 3.8) is 0 Å². The van der Waals surface area contributed by atoms with Crippen molar-refractivity contribution < 1.29 is 4.52 Å². The molecule has 0 aliphatic heterocycles. The lowest BCUT2D eigenvalue weighted by atomic mass is 10.4. The van der Waals surface area contributed by atoms with E-state index in [1.54, 1.807) is 6.92 Å². The van der Waals surface area contributed by atoms with Crippen molar-refractivity contribution in [2.24, 2.45) is 0 Å². The zero-order valence-corrected chi connectivity index (χ0v) is 6.27. The van der Waals surface area contributed by atoms with Crippen molar-refractivity contribution in [3.05, 3.63) is 15.9 Å². The molecule has 3 nitrogen and oxygen atoms in total. The molecule has 1 aromatic rings. The van der Waals surface area contributed by atoms with Crippen molar-refractivity contribution in [1.29, 1.82) is 5.26 Å². The highest BCUT2D eigenvalue weighted by Crippen LogP contribution is 2.18. The van der Waals surface area contributed by atoms with E-state index in [2.05, 4.69) is 25.6 Å². The quantitative estimate of drug-likeness (QED) is 0.619. The van der Waals surface area contributed by atoms with Crippen LogP contribution in [-0.2, 0) is 0 Å². The minimum atomic E-state index is 0.299. The summed E-state index contributed by atoms with van der Waals surface area (Å²) in [5, 5.41) is 11.8. The zero-order chi connectivity index (χ0) is 6.85. The standard InChI is InChI=1S/C5H3BrN2O/c1-3-5(6)4(2-7)8-9-3/h1H3. The van der Waals surface area contributed by atoms with Crippen LogP contribution in [0.15, 0.2) is 9.00 Å². The maximum absolute atomic E-state index is 8.33. The molecule has 0 amide bonds. The summed E-state index contributed by atoms with van der Waals surface area (Å²) in [5.41, 5.74) is 0.299. The summed E-state index contributed by atoms with van der Waals surface area (Å²) in [5.74, 6) is 0.631. The number of nitriles is 1. The summed E-state index contributed by atoms with van der Waals surface area (Å²) >= 11 is 3.13. The van der Waals surface area contributed by atoms with Crippen LogP contribution in [0.25, 0.3) is 0 Å². The van der Waals surface area contributed by atoms with Crippen LogP contribution in [-0.4, -0.2) is 5.16 Å². The summed E-state index contributed by atoms with van der Waals surface area (Å²) in [6.45, 7) is 1.73. The van der Waals surface area contributed by atoms with E-state index in [1.807, 2.05) is 6.07 Å². The molecule has 0 N–H and O–H groups in total. The Morgan fingerprint density at radius 3 is 2.67 bits per heavy atom. The van der Waals surface area contributed by atoms with Gasteiger partial charge in [-0.1, -0.05) is 5.16 Å². The molecule has 0 radical (unpaired) electrons. The summed E-state index contributed by atoms with van der Waals surface area (Å²) in [7, 11) is 0. The van der Waals surface area contributed by atoms with Gasteiger partial charge in [0.05, 0.1) is 4.47 Å². The van der Waals surface area contributed by atoms with Gasteiger partial charge in [0.15, 0.2) is 5.69 Å². The van der Waals surface area contributed by atoms with Crippen LogP contribution in [0.5, 0.6) is 0 Å². The Morgan fingerprint density at radius 2 is 2.44 bits per heavy atom. The first-order valence-electron chi connectivity index (χ1n) is 2.27. The third-order valence-corrected chi connectivity index (χ3v) is 1.83. The minimum Gasteiger partial charge on any atom is -0.359 e. The van der Waals surface area contributed by atoms with Gasteiger partial charge in [-0.3, -0.25) is 0 Å². The predicted molar refractivity (Wildman–Crippen MR) is 33.7 cm³/mol. The van der Waals surface area contributed by atoms with Crippen molar-refractivity contribution in [2.45, 2.75) is 6.92 Å². The fraction of sp³-hybridized carbons (Fsp3) is 0.200. The highest BCUT2D eigenvalue weighted by Gasteiger charge is 2.06. The molecule has 0 spiro atoms. The predicted octanol–water partition coefficient (Wildman–Crippen LogP) is 1.62. The molecule has 0 atom stereocenters. The number of halogens is 1. The van der Waals surface area contributed by atoms with Crippen molar-refractivity contribution in [3.8, 4) is 6.07 Å². The second kappa shape index (κ2) is 2.19. The average molecular weight is 187 g/mol. The van der Waals surface area contributed by atoms with Gasteiger partial charge in [0.1, 0.15) is 11.8 Å². The van der Waals surface area contributed by atoms with E-state index < -0.39 is 0 Å². The van der Waals surface area contributed by atoms with Crippen LogP contribution >= 0.6 is 15.9 Å². The number of aryl methyl sites for hydroxylation is 1. The third-order valence-electron chi connectivity index (χ3n) is 0.897. The molecule has 0 bridgehead atoms. The van der Waals surface area contributed by atoms with Gasteiger partial charge in [0, 0.05) is 0 Å². The number of aromatic nitrogens is 1. The van der Waals surface area contributed by atoms with Gasteiger partial charge in [-0.15, -0.1) is 0 Å². The van der Waals surface area contributed by atoms with Crippen molar-refractivity contribution >= 4 is 15.9 Å². The average Bonchev–Trinajstić information content (AvgIpc) is 2.15. The lowest BCUT2D eigenvalue weighted by molar-refractivity contribution is 0.395. The Balaban J connectivity index is 3.24. The first-order chi connectivity index (χ1) is 4.25. The Morgan fingerprint density at radius 1 is 1.78 bits per heavy atom. The highest BCUT2D eigenvalue weighted by molar-refractivity contribution is 9.10. The van der Waals surface area contributed by atoms with Crippen LogP contribution in [0.4, 0.5) is 0 Å². The van der Waals surface area contributed by atoms with Gasteiger partial charge in [-0.05, 0) is 22.9 Å². The van der Waals surface area contributed by atoms with Crippen LogP contribution in [0.1, 0.15) is 11.5 Å². The smallest absolute Gasteiger partial charge is 0.197 e. The second-order valence-electron chi connectivity index (χ2n) is 1.51. The van der Waals surface area contributed by atoms with Crippen LogP contribution in [0, 0.1) is 18.3 Å². The number of hydrogen-bond acceptors (Lipinski definition) is 3. The van der Waals surface area contributed by atoms with E-state index in [9.17, 15) is 0 Å². The first kappa shape index (κ1) is 6.30. The fourth-order valence-electron chi connectivity index (χ4n) is 0.430. The number of rotatable bonds is 0. The van der Waals surface area contributed by atoms with Crippen LogP contribution < -0.4 is 0 Å². The van der Waals surface area contributed by atoms with E-state index in [4.69, 9.17) is 5.26 Å². The number of hydrogen-bond donors (Lipinski definition) is 0. The Hall–Kier alpha value is -0.820. The molecule has 46 valence electrons. The molecule has 0 aromatic carbocycles. The molecule has 0 aliphatic carbocycles. The monoisotopic (exact) mass is 186 g/mol. The molecule has 1 aromatic heterocycles. The van der Waals surface area contributed by atoms with Gasteiger partial charge in [-0.25, -0.2) is 0 Å². The van der Waals surface area contributed by atoms with Gasteiger partial charge in [0.2, 0.25) is 0 Å². The summed E-state index contributed by atoms with van der Waals surface area (Å²) in [6.07, 6.45) is 0. The van der Waals surface area contributed by atoms with Crippen LogP contribution in [0.2, 0.25) is 0 Å². The van der Waals surface area contributed by atoms with E-state index in [0.29, 0.717) is 15.9 Å². The summed E-state index contributed by atoms with van der Waals surface area (Å²) < 4.78 is 5.31. The molecule has 0 aliphatic rings. The molecular weight excluding hydrogens is 184 g/mol. The van der Waals surface area contributed by atoms with Gasteiger partial charge >= 0.3 is 0 Å². The molecular formula is C5H3BrN2O. The second-order valence-corrected chi connectivity index (χ2v) is 2.31. The molecule has 0 unspecified atom stereocenters. The Labute approximate surface area is 60.4 Å². The Bertz CT molecular complexity index is 260. The molecule has 9 heavy (non-hydrogen) atoms. The van der Waals surface area contributed by atoms with Crippen LogP contribution in [0.3, 0.4) is 0 Å². The minimum absolute atomic E-state index is 0.299. The lowest BCUT2D eigenvalue weighted by Crippen LogP contribution is -1.70. The van der Waals surface area contributed by atoms with Gasteiger partial charge in [0.25, 0.3) is 0 Å². The van der Waals surface area contributed by atoms with Crippen molar-refractivity contribution in [2.75, 3.05) is 0 Å². The maximum atomic E-state index is 8.33. The lowest BCUT2D eigenvalue weighted by Gasteiger charge is -1.76. The molecule has 1 heterocycles. The van der Waals surface area contributed by atoms with E-state index >= 15 is 0 Å². The van der Waals surface area contributed by atoms with Crippen molar-refractivity contribution in [1.82, 2.24) is 5.16 Å². The summed E-state index contributed by atoms with van der Waals surface area (Å²) in [6, 6.07) is 1.86. The summed E-state index contributed by atoms with van der Waals surface area (Å²) in [4.78, 5) is 0. The normalized spacial score (nSPS) is 9.00. The fourth-order valence-corrected chi connectivity index (χ4v) is 0.664. The molecule has 1 rings (SSSR count).